The molecule has 7 nitrogen and oxygen atoms in total. The van der Waals surface area contributed by atoms with Crippen LogP contribution >= 0.6 is 0 Å². The highest BCUT2D eigenvalue weighted by atomic mass is 16.5. The molecule has 0 unspecified atom stereocenters. The molecule has 4 rings (SSSR count). The molecule has 0 saturated carbocycles. The van der Waals surface area contributed by atoms with E-state index in [-0.39, 0.29) is 12.0 Å². The van der Waals surface area contributed by atoms with Crippen LogP contribution in [0.1, 0.15) is 28.9 Å². The first kappa shape index (κ1) is 17.5. The van der Waals surface area contributed by atoms with Crippen LogP contribution in [0.3, 0.4) is 0 Å². The van der Waals surface area contributed by atoms with Gasteiger partial charge in [0.2, 0.25) is 0 Å². The number of aryl methyl sites for hydroxylation is 2. The minimum Gasteiger partial charge on any atom is -0.491 e. The zero-order valence-electron chi connectivity index (χ0n) is 15.4. The number of pyridine rings is 1. The lowest BCUT2D eigenvalue weighted by molar-refractivity contribution is 0.0679. The smallest absolute Gasteiger partial charge is 0.255 e. The Morgan fingerprint density at radius 2 is 2.19 bits per heavy atom. The van der Waals surface area contributed by atoms with Crippen molar-refractivity contribution < 1.29 is 14.3 Å². The summed E-state index contributed by atoms with van der Waals surface area (Å²) >= 11 is 0. The Morgan fingerprint density at radius 1 is 1.37 bits per heavy atom. The lowest BCUT2D eigenvalue weighted by Crippen LogP contribution is -2.16. The summed E-state index contributed by atoms with van der Waals surface area (Å²) in [6.45, 7) is 3.28. The minimum absolute atomic E-state index is 0.173. The van der Waals surface area contributed by atoms with Crippen LogP contribution in [0.25, 0.3) is 11.0 Å². The number of carbonyl (C=O) groups is 1. The van der Waals surface area contributed by atoms with E-state index in [1.54, 1.807) is 35.1 Å². The number of rotatable bonds is 5. The standard InChI is InChI=1S/C20H22N4O3/c1-13-18-10-15(11-21-19(18)24(2)23-13)22-20(25)14-5-7-16(8-6-14)27-12-17-4-3-9-26-17/h5-8,10-11,17H,3-4,9,12H2,1-2H3,(H,22,25)/t17-/m0/s1. The highest BCUT2D eigenvalue weighted by Crippen LogP contribution is 2.21. The average Bonchev–Trinajstić information content (AvgIpc) is 3.29. The molecule has 1 fully saturated rings. The lowest BCUT2D eigenvalue weighted by Gasteiger charge is -2.11. The third-order valence-corrected chi connectivity index (χ3v) is 4.70. The van der Waals surface area contributed by atoms with Gasteiger partial charge in [-0.15, -0.1) is 0 Å². The number of hydrogen-bond donors (Lipinski definition) is 1. The van der Waals surface area contributed by atoms with Gasteiger partial charge in [-0.05, 0) is 50.1 Å². The van der Waals surface area contributed by atoms with Gasteiger partial charge < -0.3 is 14.8 Å². The molecule has 27 heavy (non-hydrogen) atoms. The van der Waals surface area contributed by atoms with Crippen molar-refractivity contribution in [2.24, 2.45) is 7.05 Å². The number of aromatic nitrogens is 3. The molecule has 0 bridgehead atoms. The Kier molecular flexibility index (Phi) is 4.77. The SMILES string of the molecule is Cc1nn(C)c2ncc(NC(=O)c3ccc(OC[C@@H]4CCCO4)cc3)cc12. The van der Waals surface area contributed by atoms with Crippen molar-refractivity contribution in [3.8, 4) is 5.75 Å². The highest BCUT2D eigenvalue weighted by Gasteiger charge is 2.16. The molecule has 140 valence electrons. The van der Waals surface area contributed by atoms with E-state index in [2.05, 4.69) is 15.4 Å². The van der Waals surface area contributed by atoms with Crippen molar-refractivity contribution in [3.05, 3.63) is 47.8 Å². The van der Waals surface area contributed by atoms with E-state index in [1.165, 1.54) is 0 Å². The maximum atomic E-state index is 12.5. The van der Waals surface area contributed by atoms with Gasteiger partial charge in [-0.25, -0.2) is 4.98 Å². The maximum absolute atomic E-state index is 12.5. The molecule has 1 atom stereocenters. The minimum atomic E-state index is -0.191. The second-order valence-electron chi connectivity index (χ2n) is 6.73. The van der Waals surface area contributed by atoms with Crippen molar-refractivity contribution in [1.29, 1.82) is 0 Å². The van der Waals surface area contributed by atoms with Gasteiger partial charge in [-0.1, -0.05) is 0 Å². The van der Waals surface area contributed by atoms with E-state index in [0.717, 1.165) is 41.9 Å². The number of anilines is 1. The quantitative estimate of drug-likeness (QED) is 0.751. The maximum Gasteiger partial charge on any atom is 0.255 e. The molecular formula is C20H22N4O3. The molecule has 3 aromatic rings. The molecule has 1 aliphatic heterocycles. The Hall–Kier alpha value is -2.93. The number of ether oxygens (including phenoxy) is 2. The largest absolute Gasteiger partial charge is 0.491 e. The van der Waals surface area contributed by atoms with E-state index in [9.17, 15) is 4.79 Å². The van der Waals surface area contributed by atoms with Gasteiger partial charge in [0.25, 0.3) is 5.91 Å². The van der Waals surface area contributed by atoms with Crippen molar-refractivity contribution in [3.63, 3.8) is 0 Å². The molecule has 1 amide bonds. The fourth-order valence-corrected chi connectivity index (χ4v) is 3.25. The summed E-state index contributed by atoms with van der Waals surface area (Å²) in [4.78, 5) is 16.9. The first-order valence-electron chi connectivity index (χ1n) is 9.05. The van der Waals surface area contributed by atoms with E-state index in [1.807, 2.05) is 20.0 Å². The van der Waals surface area contributed by atoms with Crippen LogP contribution in [-0.2, 0) is 11.8 Å². The van der Waals surface area contributed by atoms with E-state index >= 15 is 0 Å². The summed E-state index contributed by atoms with van der Waals surface area (Å²) in [6, 6.07) is 9.00. The Morgan fingerprint density at radius 3 is 2.93 bits per heavy atom. The molecule has 0 radical (unpaired) electrons. The van der Waals surface area contributed by atoms with E-state index in [4.69, 9.17) is 9.47 Å². The number of hydrogen-bond acceptors (Lipinski definition) is 5. The van der Waals surface area contributed by atoms with Gasteiger partial charge in [-0.2, -0.15) is 5.10 Å². The van der Waals surface area contributed by atoms with Crippen LogP contribution in [0.2, 0.25) is 0 Å². The topological polar surface area (TPSA) is 78.3 Å². The van der Waals surface area contributed by atoms with Crippen LogP contribution in [0, 0.1) is 6.92 Å². The first-order chi connectivity index (χ1) is 13.1. The molecule has 0 spiro atoms. The predicted molar refractivity (Wildman–Crippen MR) is 102 cm³/mol. The monoisotopic (exact) mass is 366 g/mol. The number of nitrogens with zero attached hydrogens (tertiary/aromatic N) is 3. The third kappa shape index (κ3) is 3.78. The van der Waals surface area contributed by atoms with Crippen molar-refractivity contribution in [2.75, 3.05) is 18.5 Å². The fraction of sp³-hybridized carbons (Fsp3) is 0.350. The van der Waals surface area contributed by atoms with E-state index in [0.29, 0.717) is 17.9 Å². The average molecular weight is 366 g/mol. The van der Waals surface area contributed by atoms with Crippen molar-refractivity contribution in [1.82, 2.24) is 14.8 Å². The molecule has 0 aliphatic carbocycles. The Labute approximate surface area is 157 Å². The van der Waals surface area contributed by atoms with Crippen LogP contribution in [0.15, 0.2) is 36.5 Å². The molecule has 1 aliphatic rings. The van der Waals surface area contributed by atoms with Gasteiger partial charge in [0, 0.05) is 24.6 Å². The van der Waals surface area contributed by atoms with Gasteiger partial charge in [-0.3, -0.25) is 9.48 Å². The number of fused-ring (bicyclic) bond motifs is 1. The van der Waals surface area contributed by atoms with Gasteiger partial charge >= 0.3 is 0 Å². The first-order valence-corrected chi connectivity index (χ1v) is 9.05. The van der Waals surface area contributed by atoms with Crippen molar-refractivity contribution >= 4 is 22.6 Å². The molecule has 1 saturated heterocycles. The molecule has 2 aromatic heterocycles. The number of amides is 1. The van der Waals surface area contributed by atoms with Gasteiger partial charge in [0.05, 0.1) is 23.7 Å². The Bertz CT molecular complexity index is 959. The number of benzene rings is 1. The summed E-state index contributed by atoms with van der Waals surface area (Å²) in [5, 5.41) is 8.15. The zero-order valence-corrected chi connectivity index (χ0v) is 15.4. The van der Waals surface area contributed by atoms with Crippen LogP contribution in [0.4, 0.5) is 5.69 Å². The van der Waals surface area contributed by atoms with Gasteiger partial charge in [0.15, 0.2) is 5.65 Å². The Balaban J connectivity index is 1.41. The molecule has 1 aromatic carbocycles. The molecular weight excluding hydrogens is 344 g/mol. The van der Waals surface area contributed by atoms with Crippen LogP contribution < -0.4 is 10.1 Å². The fourth-order valence-electron chi connectivity index (χ4n) is 3.25. The molecule has 1 N–H and O–H groups in total. The lowest BCUT2D eigenvalue weighted by atomic mass is 10.2. The van der Waals surface area contributed by atoms with Crippen LogP contribution in [0.5, 0.6) is 5.75 Å². The van der Waals surface area contributed by atoms with Crippen LogP contribution in [-0.4, -0.2) is 40.0 Å². The number of carbonyl (C=O) groups excluding carboxylic acids is 1. The van der Waals surface area contributed by atoms with E-state index < -0.39 is 0 Å². The third-order valence-electron chi connectivity index (χ3n) is 4.70. The van der Waals surface area contributed by atoms with Gasteiger partial charge in [0.1, 0.15) is 12.4 Å². The number of nitrogens with one attached hydrogen (secondary N) is 1. The second kappa shape index (κ2) is 7.36. The van der Waals surface area contributed by atoms with Crippen molar-refractivity contribution in [2.45, 2.75) is 25.9 Å². The second-order valence-corrected chi connectivity index (χ2v) is 6.73. The zero-order chi connectivity index (χ0) is 18.8. The summed E-state index contributed by atoms with van der Waals surface area (Å²) in [7, 11) is 1.85. The summed E-state index contributed by atoms with van der Waals surface area (Å²) in [5.74, 6) is 0.541. The molecule has 7 heteroatoms. The predicted octanol–water partition coefficient (Wildman–Crippen LogP) is 3.09. The normalized spacial score (nSPS) is 16.6. The summed E-state index contributed by atoms with van der Waals surface area (Å²) in [5.41, 5.74) is 2.87. The molecule has 3 heterocycles. The summed E-state index contributed by atoms with van der Waals surface area (Å²) < 4.78 is 13.0. The summed E-state index contributed by atoms with van der Waals surface area (Å²) in [6.07, 6.45) is 3.94. The highest BCUT2D eigenvalue weighted by molar-refractivity contribution is 6.05.